The fourth-order valence-electron chi connectivity index (χ4n) is 2.33. The van der Waals surface area contributed by atoms with Crippen molar-refractivity contribution in [1.82, 2.24) is 0 Å². The highest BCUT2D eigenvalue weighted by Crippen LogP contribution is 2.22. The van der Waals surface area contributed by atoms with E-state index in [1.165, 1.54) is 17.2 Å². The van der Waals surface area contributed by atoms with Gasteiger partial charge in [-0.15, -0.1) is 0 Å². The first-order valence-electron chi connectivity index (χ1n) is 6.52. The summed E-state index contributed by atoms with van der Waals surface area (Å²) < 4.78 is 0. The summed E-state index contributed by atoms with van der Waals surface area (Å²) in [4.78, 5) is 10.6. The lowest BCUT2D eigenvalue weighted by Crippen LogP contribution is -2.03. The van der Waals surface area contributed by atoms with Crippen molar-refractivity contribution in [1.29, 1.82) is 0 Å². The van der Waals surface area contributed by atoms with Crippen molar-refractivity contribution in [2.24, 2.45) is 0 Å². The third-order valence-electron chi connectivity index (χ3n) is 3.32. The van der Waals surface area contributed by atoms with Gasteiger partial charge in [0, 0.05) is 23.9 Å². The molecule has 4 nitrogen and oxygen atoms in total. The second-order valence-electron chi connectivity index (χ2n) is 5.05. The first kappa shape index (κ1) is 14.1. The van der Waals surface area contributed by atoms with Gasteiger partial charge in [-0.3, -0.25) is 10.1 Å². The normalized spacial score (nSPS) is 10.3. The van der Waals surface area contributed by atoms with Crippen LogP contribution in [0.15, 0.2) is 36.4 Å². The number of nitro groups is 1. The van der Waals surface area contributed by atoms with Gasteiger partial charge in [-0.2, -0.15) is 0 Å². The molecule has 0 aromatic heterocycles. The van der Waals surface area contributed by atoms with E-state index in [0.717, 1.165) is 16.8 Å². The van der Waals surface area contributed by atoms with Gasteiger partial charge >= 0.3 is 0 Å². The Morgan fingerprint density at radius 1 is 1.10 bits per heavy atom. The number of nitrogens with one attached hydrogen (secondary N) is 1. The monoisotopic (exact) mass is 270 g/mol. The molecular formula is C16H18N2O2. The molecule has 0 radical (unpaired) electrons. The second-order valence-corrected chi connectivity index (χ2v) is 5.05. The van der Waals surface area contributed by atoms with Crippen LogP contribution in [-0.2, 0) is 6.54 Å². The molecule has 2 rings (SSSR count). The molecule has 1 N–H and O–H groups in total. The molecule has 0 amide bonds. The Hall–Kier alpha value is -2.36. The highest BCUT2D eigenvalue weighted by Gasteiger charge is 2.12. The SMILES string of the molecule is Cc1cc(C)cc(NCc2cccc([N+](=O)[O-])c2C)c1. The van der Waals surface area contributed by atoms with Crippen LogP contribution >= 0.6 is 0 Å². The number of rotatable bonds is 4. The first-order valence-corrected chi connectivity index (χ1v) is 6.52. The van der Waals surface area contributed by atoms with Crippen LogP contribution in [0.1, 0.15) is 22.3 Å². The van der Waals surface area contributed by atoms with E-state index in [-0.39, 0.29) is 10.6 Å². The van der Waals surface area contributed by atoms with Gasteiger partial charge < -0.3 is 5.32 Å². The predicted molar refractivity (Wildman–Crippen MR) is 81.1 cm³/mol. The summed E-state index contributed by atoms with van der Waals surface area (Å²) >= 11 is 0. The van der Waals surface area contributed by atoms with Crippen LogP contribution in [0.25, 0.3) is 0 Å². The van der Waals surface area contributed by atoms with E-state index < -0.39 is 0 Å². The molecule has 0 spiro atoms. The zero-order chi connectivity index (χ0) is 14.7. The van der Waals surface area contributed by atoms with E-state index in [1.54, 1.807) is 13.0 Å². The molecule has 104 valence electrons. The molecule has 0 aliphatic carbocycles. The van der Waals surface area contributed by atoms with E-state index in [2.05, 4.69) is 37.4 Å². The van der Waals surface area contributed by atoms with E-state index in [0.29, 0.717) is 6.54 Å². The first-order chi connectivity index (χ1) is 9.47. The van der Waals surface area contributed by atoms with E-state index >= 15 is 0 Å². The average molecular weight is 270 g/mol. The quantitative estimate of drug-likeness (QED) is 0.671. The number of aryl methyl sites for hydroxylation is 2. The number of hydrogen-bond acceptors (Lipinski definition) is 3. The maximum atomic E-state index is 10.9. The number of nitro benzene ring substituents is 1. The minimum absolute atomic E-state index is 0.171. The molecule has 0 saturated heterocycles. The van der Waals surface area contributed by atoms with Crippen molar-refractivity contribution in [3.05, 3.63) is 68.8 Å². The number of nitrogens with zero attached hydrogens (tertiary/aromatic N) is 1. The number of benzene rings is 2. The molecule has 20 heavy (non-hydrogen) atoms. The van der Waals surface area contributed by atoms with Gasteiger partial charge in [0.2, 0.25) is 0 Å². The van der Waals surface area contributed by atoms with Crippen molar-refractivity contribution in [2.45, 2.75) is 27.3 Å². The third kappa shape index (κ3) is 3.15. The second kappa shape index (κ2) is 5.74. The van der Waals surface area contributed by atoms with Crippen LogP contribution in [0.4, 0.5) is 11.4 Å². The van der Waals surface area contributed by atoms with Crippen molar-refractivity contribution in [3.8, 4) is 0 Å². The molecule has 0 atom stereocenters. The highest BCUT2D eigenvalue weighted by atomic mass is 16.6. The number of hydrogen-bond donors (Lipinski definition) is 1. The van der Waals surface area contributed by atoms with Gasteiger partial charge in [-0.05, 0) is 49.6 Å². The molecule has 0 aliphatic rings. The maximum absolute atomic E-state index is 10.9. The van der Waals surface area contributed by atoms with Crippen LogP contribution < -0.4 is 5.32 Å². The van der Waals surface area contributed by atoms with Gasteiger partial charge in [0.15, 0.2) is 0 Å². The zero-order valence-corrected chi connectivity index (χ0v) is 11.9. The molecule has 0 fully saturated rings. The van der Waals surface area contributed by atoms with Crippen molar-refractivity contribution >= 4 is 11.4 Å². The average Bonchev–Trinajstić information content (AvgIpc) is 2.36. The van der Waals surface area contributed by atoms with Gasteiger partial charge in [-0.1, -0.05) is 18.2 Å². The molecule has 0 unspecified atom stereocenters. The molecule has 0 heterocycles. The molecule has 4 heteroatoms. The molecule has 2 aromatic rings. The van der Waals surface area contributed by atoms with Crippen LogP contribution in [0.5, 0.6) is 0 Å². The van der Waals surface area contributed by atoms with Crippen molar-refractivity contribution in [3.63, 3.8) is 0 Å². The minimum atomic E-state index is -0.338. The summed E-state index contributed by atoms with van der Waals surface area (Å²) in [6.45, 7) is 6.47. The molecule has 2 aromatic carbocycles. The fourth-order valence-corrected chi connectivity index (χ4v) is 2.33. The minimum Gasteiger partial charge on any atom is -0.381 e. The third-order valence-corrected chi connectivity index (χ3v) is 3.32. The van der Waals surface area contributed by atoms with Crippen molar-refractivity contribution < 1.29 is 4.92 Å². The van der Waals surface area contributed by atoms with Gasteiger partial charge in [0.05, 0.1) is 4.92 Å². The van der Waals surface area contributed by atoms with Crippen LogP contribution in [0, 0.1) is 30.9 Å². The standard InChI is InChI=1S/C16H18N2O2/c1-11-7-12(2)9-15(8-11)17-10-14-5-4-6-16(13(14)3)18(19)20/h4-9,17H,10H2,1-3H3. The smallest absolute Gasteiger partial charge is 0.272 e. The summed E-state index contributed by atoms with van der Waals surface area (Å²) in [6.07, 6.45) is 0. The Balaban J connectivity index is 2.19. The highest BCUT2D eigenvalue weighted by molar-refractivity contribution is 5.51. The molecule has 0 bridgehead atoms. The van der Waals surface area contributed by atoms with Gasteiger partial charge in [0.1, 0.15) is 0 Å². The Morgan fingerprint density at radius 2 is 1.75 bits per heavy atom. The van der Waals surface area contributed by atoms with Crippen LogP contribution in [-0.4, -0.2) is 4.92 Å². The molecule has 0 saturated carbocycles. The molecule has 0 aliphatic heterocycles. The van der Waals surface area contributed by atoms with Crippen molar-refractivity contribution in [2.75, 3.05) is 5.32 Å². The lowest BCUT2D eigenvalue weighted by molar-refractivity contribution is -0.385. The fraction of sp³-hybridized carbons (Fsp3) is 0.250. The number of anilines is 1. The van der Waals surface area contributed by atoms with Crippen LogP contribution in [0.2, 0.25) is 0 Å². The van der Waals surface area contributed by atoms with E-state index in [9.17, 15) is 10.1 Å². The van der Waals surface area contributed by atoms with Crippen LogP contribution in [0.3, 0.4) is 0 Å². The Kier molecular flexibility index (Phi) is 4.03. The van der Waals surface area contributed by atoms with E-state index in [4.69, 9.17) is 0 Å². The summed E-state index contributed by atoms with van der Waals surface area (Å²) in [5.74, 6) is 0. The lowest BCUT2D eigenvalue weighted by atomic mass is 10.1. The largest absolute Gasteiger partial charge is 0.381 e. The molecular weight excluding hydrogens is 252 g/mol. The topological polar surface area (TPSA) is 55.2 Å². The summed E-state index contributed by atoms with van der Waals surface area (Å²) in [7, 11) is 0. The Bertz CT molecular complexity index is 631. The lowest BCUT2D eigenvalue weighted by Gasteiger charge is -2.10. The summed E-state index contributed by atoms with van der Waals surface area (Å²) in [6, 6.07) is 11.4. The summed E-state index contributed by atoms with van der Waals surface area (Å²) in [5, 5.41) is 14.2. The summed E-state index contributed by atoms with van der Waals surface area (Å²) in [5.41, 5.74) is 5.26. The van der Waals surface area contributed by atoms with Gasteiger partial charge in [-0.25, -0.2) is 0 Å². The van der Waals surface area contributed by atoms with E-state index in [1.807, 2.05) is 6.07 Å². The van der Waals surface area contributed by atoms with Gasteiger partial charge in [0.25, 0.3) is 5.69 Å². The Morgan fingerprint density at radius 3 is 2.35 bits per heavy atom. The zero-order valence-electron chi connectivity index (χ0n) is 11.9. The predicted octanol–water partition coefficient (Wildman–Crippen LogP) is 4.13. The maximum Gasteiger partial charge on any atom is 0.272 e. The Labute approximate surface area is 118 Å².